The van der Waals surface area contributed by atoms with Gasteiger partial charge in [-0.1, -0.05) is 73.0 Å². The third-order valence-corrected chi connectivity index (χ3v) is 7.36. The topological polar surface area (TPSA) is 59.2 Å². The zero-order valence-corrected chi connectivity index (χ0v) is 18.6. The van der Waals surface area contributed by atoms with Gasteiger partial charge in [0.1, 0.15) is 5.76 Å². The summed E-state index contributed by atoms with van der Waals surface area (Å²) in [6.07, 6.45) is 1.61. The van der Waals surface area contributed by atoms with Crippen LogP contribution in [0.1, 0.15) is 36.7 Å². The van der Waals surface area contributed by atoms with Gasteiger partial charge in [0.05, 0.1) is 18.6 Å². The molecule has 0 atom stereocenters. The van der Waals surface area contributed by atoms with Crippen LogP contribution in [-0.2, 0) is 17.1 Å². The first-order chi connectivity index (χ1) is 13.5. The number of benzene rings is 1. The molecule has 148 valence electrons. The van der Waals surface area contributed by atoms with Crippen molar-refractivity contribution in [1.82, 2.24) is 15.1 Å². The summed E-state index contributed by atoms with van der Waals surface area (Å²) in [6, 6.07) is 12.4. The Morgan fingerprint density at radius 2 is 1.86 bits per heavy atom. The van der Waals surface area contributed by atoms with Crippen LogP contribution in [0, 0.1) is 0 Å². The molecule has 0 saturated carbocycles. The Morgan fingerprint density at radius 3 is 2.50 bits per heavy atom. The molecule has 1 amide bonds. The van der Waals surface area contributed by atoms with Crippen molar-refractivity contribution in [3.8, 4) is 0 Å². The highest BCUT2D eigenvalue weighted by atomic mass is 32.2. The van der Waals surface area contributed by atoms with Crippen LogP contribution in [0.25, 0.3) is 0 Å². The Labute approximate surface area is 177 Å². The Kier molecular flexibility index (Phi) is 7.58. The van der Waals surface area contributed by atoms with Crippen molar-refractivity contribution < 1.29 is 9.21 Å². The van der Waals surface area contributed by atoms with E-state index in [0.29, 0.717) is 18.2 Å². The SMILES string of the molecule is CC(C)c1ccc(CSc2nnc(SCC(=O)N(C)Cc3ccco3)s2)cc1. The Morgan fingerprint density at radius 1 is 1.14 bits per heavy atom. The van der Waals surface area contributed by atoms with Gasteiger partial charge in [0.25, 0.3) is 0 Å². The van der Waals surface area contributed by atoms with Crippen LogP contribution < -0.4 is 0 Å². The van der Waals surface area contributed by atoms with Gasteiger partial charge in [-0.05, 0) is 29.2 Å². The monoisotopic (exact) mass is 433 g/mol. The number of hydrogen-bond donors (Lipinski definition) is 0. The fourth-order valence-corrected chi connectivity index (χ4v) is 5.33. The first kappa shape index (κ1) is 21.0. The molecule has 3 aromatic rings. The molecule has 0 N–H and O–H groups in total. The largest absolute Gasteiger partial charge is 0.467 e. The van der Waals surface area contributed by atoms with Gasteiger partial charge in [0.15, 0.2) is 8.68 Å². The molecule has 2 aromatic heterocycles. The summed E-state index contributed by atoms with van der Waals surface area (Å²) in [5.74, 6) is 2.56. The van der Waals surface area contributed by atoms with Gasteiger partial charge in [-0.15, -0.1) is 10.2 Å². The molecule has 0 fully saturated rings. The molecular weight excluding hydrogens is 410 g/mol. The van der Waals surface area contributed by atoms with E-state index in [9.17, 15) is 4.79 Å². The smallest absolute Gasteiger partial charge is 0.233 e. The van der Waals surface area contributed by atoms with Crippen molar-refractivity contribution in [2.45, 2.75) is 40.7 Å². The lowest BCUT2D eigenvalue weighted by Crippen LogP contribution is -2.27. The molecule has 0 radical (unpaired) electrons. The van der Waals surface area contributed by atoms with Crippen LogP contribution >= 0.6 is 34.9 Å². The lowest BCUT2D eigenvalue weighted by atomic mass is 10.0. The summed E-state index contributed by atoms with van der Waals surface area (Å²) < 4.78 is 7.02. The lowest BCUT2D eigenvalue weighted by Gasteiger charge is -2.14. The number of amides is 1. The van der Waals surface area contributed by atoms with Gasteiger partial charge in [-0.3, -0.25) is 4.79 Å². The number of hydrogen-bond acceptors (Lipinski definition) is 7. The molecule has 5 nitrogen and oxygen atoms in total. The number of aromatic nitrogens is 2. The van der Waals surface area contributed by atoms with E-state index in [1.165, 1.54) is 34.2 Å². The second-order valence-electron chi connectivity index (χ2n) is 6.64. The standard InChI is InChI=1S/C20H23N3O2S3/c1-14(2)16-8-6-15(7-9-16)12-26-19-21-22-20(28-19)27-13-18(24)23(3)11-17-5-4-10-25-17/h4-10,14H,11-13H2,1-3H3. The van der Waals surface area contributed by atoms with E-state index in [2.05, 4.69) is 48.3 Å². The van der Waals surface area contributed by atoms with E-state index in [1.54, 1.807) is 30.0 Å². The number of carbonyl (C=O) groups excluding carboxylic acids is 1. The summed E-state index contributed by atoms with van der Waals surface area (Å²) in [7, 11) is 1.78. The van der Waals surface area contributed by atoms with Crippen molar-refractivity contribution in [2.24, 2.45) is 0 Å². The summed E-state index contributed by atoms with van der Waals surface area (Å²) in [5, 5.41) is 8.43. The molecule has 3 rings (SSSR count). The number of thioether (sulfide) groups is 2. The highest BCUT2D eigenvalue weighted by molar-refractivity contribution is 8.03. The van der Waals surface area contributed by atoms with Crippen LogP contribution in [0.15, 0.2) is 55.8 Å². The van der Waals surface area contributed by atoms with Crippen LogP contribution in [0.2, 0.25) is 0 Å². The number of nitrogens with zero attached hydrogens (tertiary/aromatic N) is 3. The van der Waals surface area contributed by atoms with Crippen LogP contribution in [-0.4, -0.2) is 33.8 Å². The fourth-order valence-electron chi connectivity index (χ4n) is 2.42. The summed E-state index contributed by atoms with van der Waals surface area (Å²) in [4.78, 5) is 13.9. The molecule has 1 aromatic carbocycles. The molecule has 0 saturated heterocycles. The van der Waals surface area contributed by atoms with Crippen LogP contribution in [0.3, 0.4) is 0 Å². The lowest BCUT2D eigenvalue weighted by molar-refractivity contribution is -0.127. The summed E-state index contributed by atoms with van der Waals surface area (Å²) in [5.41, 5.74) is 2.62. The van der Waals surface area contributed by atoms with Gasteiger partial charge in [-0.2, -0.15) is 0 Å². The third-order valence-electron chi connectivity index (χ3n) is 4.11. The molecule has 0 bridgehead atoms. The molecule has 28 heavy (non-hydrogen) atoms. The zero-order valence-electron chi connectivity index (χ0n) is 16.1. The molecule has 0 spiro atoms. The maximum atomic E-state index is 12.3. The quantitative estimate of drug-likeness (QED) is 0.427. The normalized spacial score (nSPS) is 11.1. The Bertz CT molecular complexity index is 877. The average molecular weight is 434 g/mol. The minimum Gasteiger partial charge on any atom is -0.467 e. The Hall–Kier alpha value is -1.77. The third kappa shape index (κ3) is 6.12. The number of furan rings is 1. The molecule has 0 aliphatic rings. The second kappa shape index (κ2) is 10.1. The van der Waals surface area contributed by atoms with Gasteiger partial charge in [0, 0.05) is 12.8 Å². The van der Waals surface area contributed by atoms with Crippen LogP contribution in [0.4, 0.5) is 0 Å². The van der Waals surface area contributed by atoms with Crippen molar-refractivity contribution in [2.75, 3.05) is 12.8 Å². The van der Waals surface area contributed by atoms with Crippen molar-refractivity contribution >= 4 is 40.8 Å². The van der Waals surface area contributed by atoms with Crippen molar-refractivity contribution in [1.29, 1.82) is 0 Å². The molecule has 0 aliphatic heterocycles. The van der Waals surface area contributed by atoms with E-state index in [0.717, 1.165) is 20.2 Å². The van der Waals surface area contributed by atoms with E-state index < -0.39 is 0 Å². The molecule has 8 heteroatoms. The highest BCUT2D eigenvalue weighted by Gasteiger charge is 2.13. The van der Waals surface area contributed by atoms with Crippen molar-refractivity contribution in [3.63, 3.8) is 0 Å². The van der Waals surface area contributed by atoms with Crippen molar-refractivity contribution in [3.05, 3.63) is 59.5 Å². The molecule has 0 aliphatic carbocycles. The van der Waals surface area contributed by atoms with E-state index >= 15 is 0 Å². The maximum Gasteiger partial charge on any atom is 0.233 e. The minimum absolute atomic E-state index is 0.0380. The fraction of sp³-hybridized carbons (Fsp3) is 0.350. The van der Waals surface area contributed by atoms with E-state index in [4.69, 9.17) is 4.42 Å². The molecule has 2 heterocycles. The van der Waals surface area contributed by atoms with Crippen LogP contribution in [0.5, 0.6) is 0 Å². The van der Waals surface area contributed by atoms with Gasteiger partial charge in [-0.25, -0.2) is 0 Å². The first-order valence-corrected chi connectivity index (χ1v) is 11.7. The van der Waals surface area contributed by atoms with Gasteiger partial charge in [0.2, 0.25) is 5.91 Å². The summed E-state index contributed by atoms with van der Waals surface area (Å²) in [6.45, 7) is 4.87. The Balaban J connectivity index is 1.44. The van der Waals surface area contributed by atoms with E-state index in [1.807, 2.05) is 12.1 Å². The number of carbonyl (C=O) groups is 1. The number of rotatable bonds is 9. The minimum atomic E-state index is 0.0380. The van der Waals surface area contributed by atoms with Gasteiger partial charge >= 0.3 is 0 Å². The molecule has 0 unspecified atom stereocenters. The predicted octanol–water partition coefficient (Wildman–Crippen LogP) is 5.30. The van der Waals surface area contributed by atoms with E-state index in [-0.39, 0.29) is 5.91 Å². The second-order valence-corrected chi connectivity index (χ2v) is 10.1. The predicted molar refractivity (Wildman–Crippen MR) is 116 cm³/mol. The highest BCUT2D eigenvalue weighted by Crippen LogP contribution is 2.31. The average Bonchev–Trinajstić information content (AvgIpc) is 3.36. The molecular formula is C20H23N3O2S3. The van der Waals surface area contributed by atoms with Gasteiger partial charge < -0.3 is 9.32 Å². The summed E-state index contributed by atoms with van der Waals surface area (Å²) >= 11 is 4.64. The first-order valence-electron chi connectivity index (χ1n) is 8.95. The maximum absolute atomic E-state index is 12.3. The zero-order chi connectivity index (χ0) is 19.9.